The van der Waals surface area contributed by atoms with Gasteiger partial charge in [-0.25, -0.2) is 4.39 Å². The van der Waals surface area contributed by atoms with Crippen LogP contribution in [0.3, 0.4) is 0 Å². The number of aromatic nitrogens is 2. The van der Waals surface area contributed by atoms with Crippen molar-refractivity contribution in [1.82, 2.24) is 15.0 Å². The van der Waals surface area contributed by atoms with Crippen LogP contribution in [0.25, 0.3) is 11.4 Å². The van der Waals surface area contributed by atoms with E-state index in [0.29, 0.717) is 48.0 Å². The van der Waals surface area contributed by atoms with Crippen molar-refractivity contribution in [3.05, 3.63) is 59.7 Å². The number of carbonyl (C=O) groups is 1. The number of ether oxygens (including phenoxy) is 2. The Labute approximate surface area is 179 Å². The van der Waals surface area contributed by atoms with Gasteiger partial charge < -0.3 is 18.9 Å². The molecule has 3 aromatic rings. The van der Waals surface area contributed by atoms with Crippen LogP contribution in [-0.4, -0.2) is 48.3 Å². The minimum absolute atomic E-state index is 0.0526. The van der Waals surface area contributed by atoms with E-state index in [2.05, 4.69) is 10.1 Å². The number of carbonyl (C=O) groups excluding carboxylic acids is 1. The lowest BCUT2D eigenvalue weighted by molar-refractivity contribution is 0.0667. The SMILES string of the molecule is COc1ccc(C(=O)N2CCCC(Cc3nc(-c4ccccc4F)no3)C2)cc1OC. The molecular formula is C23H24FN3O4. The molecule has 2 heterocycles. The van der Waals surface area contributed by atoms with Crippen LogP contribution in [0.2, 0.25) is 0 Å². The van der Waals surface area contributed by atoms with Crippen LogP contribution in [0.1, 0.15) is 29.1 Å². The van der Waals surface area contributed by atoms with Gasteiger partial charge in [0, 0.05) is 25.1 Å². The highest BCUT2D eigenvalue weighted by atomic mass is 19.1. The Hall–Kier alpha value is -3.42. The zero-order valence-corrected chi connectivity index (χ0v) is 17.5. The van der Waals surface area contributed by atoms with Crippen LogP contribution >= 0.6 is 0 Å². The van der Waals surface area contributed by atoms with E-state index in [9.17, 15) is 9.18 Å². The lowest BCUT2D eigenvalue weighted by atomic mass is 9.94. The number of rotatable bonds is 6. The first-order valence-electron chi connectivity index (χ1n) is 10.2. The molecule has 0 N–H and O–H groups in total. The maximum atomic E-state index is 14.0. The summed E-state index contributed by atoms with van der Waals surface area (Å²) in [5.74, 6) is 1.53. The molecule has 31 heavy (non-hydrogen) atoms. The molecule has 2 aromatic carbocycles. The second-order valence-electron chi connectivity index (χ2n) is 7.52. The van der Waals surface area contributed by atoms with Crippen molar-refractivity contribution in [3.63, 3.8) is 0 Å². The predicted molar refractivity (Wildman–Crippen MR) is 112 cm³/mol. The van der Waals surface area contributed by atoms with Crippen LogP contribution in [0, 0.1) is 11.7 Å². The Morgan fingerprint density at radius 2 is 2.00 bits per heavy atom. The Kier molecular flexibility index (Phi) is 6.16. The predicted octanol–water partition coefficient (Wildman–Crippen LogP) is 3.99. The summed E-state index contributed by atoms with van der Waals surface area (Å²) in [5.41, 5.74) is 0.865. The normalized spacial score (nSPS) is 16.2. The van der Waals surface area contributed by atoms with E-state index in [1.165, 1.54) is 6.07 Å². The van der Waals surface area contributed by atoms with E-state index in [1.54, 1.807) is 50.6 Å². The van der Waals surface area contributed by atoms with Crippen molar-refractivity contribution in [2.45, 2.75) is 19.3 Å². The van der Waals surface area contributed by atoms with Crippen molar-refractivity contribution in [1.29, 1.82) is 0 Å². The fourth-order valence-corrected chi connectivity index (χ4v) is 3.90. The average molecular weight is 425 g/mol. The van der Waals surface area contributed by atoms with E-state index < -0.39 is 0 Å². The summed E-state index contributed by atoms with van der Waals surface area (Å²) in [5, 5.41) is 3.92. The van der Waals surface area contributed by atoms with Gasteiger partial charge in [-0.2, -0.15) is 4.98 Å². The minimum Gasteiger partial charge on any atom is -0.493 e. The van der Waals surface area contributed by atoms with Gasteiger partial charge in [-0.15, -0.1) is 0 Å². The number of piperidine rings is 1. The summed E-state index contributed by atoms with van der Waals surface area (Å²) in [7, 11) is 3.10. The third kappa shape index (κ3) is 4.52. The van der Waals surface area contributed by atoms with Gasteiger partial charge in [0.05, 0.1) is 19.8 Å². The van der Waals surface area contributed by atoms with Gasteiger partial charge in [0.2, 0.25) is 11.7 Å². The molecule has 1 aliphatic rings. The fraction of sp³-hybridized carbons (Fsp3) is 0.348. The molecule has 1 saturated heterocycles. The summed E-state index contributed by atoms with van der Waals surface area (Å²) >= 11 is 0. The van der Waals surface area contributed by atoms with Crippen LogP contribution in [0.5, 0.6) is 11.5 Å². The fourth-order valence-electron chi connectivity index (χ4n) is 3.90. The van der Waals surface area contributed by atoms with Crippen LogP contribution in [0.4, 0.5) is 4.39 Å². The quantitative estimate of drug-likeness (QED) is 0.594. The summed E-state index contributed by atoms with van der Waals surface area (Å²) in [6, 6.07) is 11.5. The molecule has 1 aliphatic heterocycles. The lowest BCUT2D eigenvalue weighted by Crippen LogP contribution is -2.40. The summed E-state index contributed by atoms with van der Waals surface area (Å²) in [6.45, 7) is 1.28. The van der Waals surface area contributed by atoms with Crippen molar-refractivity contribution in [2.24, 2.45) is 5.92 Å². The van der Waals surface area contributed by atoms with Gasteiger partial charge in [0.25, 0.3) is 5.91 Å². The van der Waals surface area contributed by atoms with Crippen molar-refractivity contribution in [2.75, 3.05) is 27.3 Å². The highest BCUT2D eigenvalue weighted by molar-refractivity contribution is 5.95. The first kappa shape index (κ1) is 20.8. The average Bonchev–Trinajstić information content (AvgIpc) is 3.26. The molecule has 0 aliphatic carbocycles. The standard InChI is InChI=1S/C23H24FN3O4/c1-29-19-10-9-16(13-20(19)30-2)23(28)27-11-5-6-15(14-27)12-21-25-22(26-31-21)17-7-3-4-8-18(17)24/h3-4,7-10,13,15H,5-6,11-12,14H2,1-2H3. The van der Waals surface area contributed by atoms with E-state index in [4.69, 9.17) is 14.0 Å². The minimum atomic E-state index is -0.390. The number of hydrogen-bond donors (Lipinski definition) is 0. The second-order valence-corrected chi connectivity index (χ2v) is 7.52. The van der Waals surface area contributed by atoms with E-state index in [0.717, 1.165) is 12.8 Å². The van der Waals surface area contributed by atoms with E-state index in [-0.39, 0.29) is 23.5 Å². The number of likely N-dealkylation sites (tertiary alicyclic amines) is 1. The molecule has 162 valence electrons. The molecule has 1 atom stereocenters. The van der Waals surface area contributed by atoms with Gasteiger partial charge in [0.1, 0.15) is 5.82 Å². The van der Waals surface area contributed by atoms with Gasteiger partial charge in [-0.1, -0.05) is 17.3 Å². The first-order chi connectivity index (χ1) is 15.1. The molecule has 1 fully saturated rings. The van der Waals surface area contributed by atoms with Gasteiger partial charge in [-0.3, -0.25) is 4.79 Å². The topological polar surface area (TPSA) is 77.7 Å². The highest BCUT2D eigenvalue weighted by Crippen LogP contribution is 2.29. The van der Waals surface area contributed by atoms with Crippen LogP contribution < -0.4 is 9.47 Å². The molecule has 0 radical (unpaired) electrons. The Balaban J connectivity index is 1.43. The number of benzene rings is 2. The zero-order chi connectivity index (χ0) is 21.8. The van der Waals surface area contributed by atoms with Gasteiger partial charge in [-0.05, 0) is 49.1 Å². The maximum Gasteiger partial charge on any atom is 0.254 e. The number of nitrogens with zero attached hydrogens (tertiary/aromatic N) is 3. The smallest absolute Gasteiger partial charge is 0.254 e. The third-order valence-corrected chi connectivity index (χ3v) is 5.48. The molecule has 0 bridgehead atoms. The third-order valence-electron chi connectivity index (χ3n) is 5.48. The molecular weight excluding hydrogens is 401 g/mol. The summed E-state index contributed by atoms with van der Waals surface area (Å²) in [6.07, 6.45) is 2.38. The molecule has 1 amide bonds. The number of hydrogen-bond acceptors (Lipinski definition) is 6. The highest BCUT2D eigenvalue weighted by Gasteiger charge is 2.27. The van der Waals surface area contributed by atoms with Crippen molar-refractivity contribution < 1.29 is 23.2 Å². The number of methoxy groups -OCH3 is 2. The molecule has 1 unspecified atom stereocenters. The lowest BCUT2D eigenvalue weighted by Gasteiger charge is -2.32. The Morgan fingerprint density at radius 1 is 1.19 bits per heavy atom. The molecule has 0 spiro atoms. The van der Waals surface area contributed by atoms with Gasteiger partial charge >= 0.3 is 0 Å². The molecule has 8 heteroatoms. The van der Waals surface area contributed by atoms with Crippen molar-refractivity contribution >= 4 is 5.91 Å². The van der Waals surface area contributed by atoms with Crippen LogP contribution in [0.15, 0.2) is 47.0 Å². The molecule has 4 rings (SSSR count). The van der Waals surface area contributed by atoms with Crippen molar-refractivity contribution in [3.8, 4) is 22.9 Å². The number of amides is 1. The Bertz CT molecular complexity index is 1070. The zero-order valence-electron chi connectivity index (χ0n) is 17.5. The summed E-state index contributed by atoms with van der Waals surface area (Å²) in [4.78, 5) is 19.2. The molecule has 7 nitrogen and oxygen atoms in total. The van der Waals surface area contributed by atoms with E-state index in [1.807, 2.05) is 4.90 Å². The Morgan fingerprint density at radius 3 is 2.77 bits per heavy atom. The summed E-state index contributed by atoms with van der Waals surface area (Å²) < 4.78 is 29.9. The van der Waals surface area contributed by atoms with E-state index >= 15 is 0 Å². The number of halogens is 1. The van der Waals surface area contributed by atoms with Crippen LogP contribution in [-0.2, 0) is 6.42 Å². The first-order valence-corrected chi connectivity index (χ1v) is 10.2. The molecule has 0 saturated carbocycles. The maximum absolute atomic E-state index is 14.0. The molecule has 1 aromatic heterocycles. The van der Waals surface area contributed by atoms with Gasteiger partial charge in [0.15, 0.2) is 11.5 Å². The monoisotopic (exact) mass is 425 g/mol. The largest absolute Gasteiger partial charge is 0.493 e. The second kappa shape index (κ2) is 9.16.